The van der Waals surface area contributed by atoms with E-state index >= 15 is 0 Å². The van der Waals surface area contributed by atoms with Crippen molar-refractivity contribution >= 4 is 25.7 Å². The minimum Gasteiger partial charge on any atom is -0.430 e. The fraction of sp³-hybridized carbons (Fsp3) is 0.400. The summed E-state index contributed by atoms with van der Waals surface area (Å²) in [5.74, 6) is -2.62. The van der Waals surface area contributed by atoms with Gasteiger partial charge >= 0.3 is 25.7 Å². The fourth-order valence-electron chi connectivity index (χ4n) is 1.07. The maximum absolute atomic E-state index is 12.5. The van der Waals surface area contributed by atoms with Crippen LogP contribution < -0.4 is 0 Å². The third-order valence-electron chi connectivity index (χ3n) is 2.16. The summed E-state index contributed by atoms with van der Waals surface area (Å²) < 4.78 is 39.6. The topological polar surface area (TPSA) is 151 Å². The molecule has 13 nitrogen and oxygen atoms in total. The molecule has 0 aromatic heterocycles. The Morgan fingerprint density at radius 2 is 0.897 bits per heavy atom. The number of phosphoric acid groups is 1. The van der Waals surface area contributed by atoms with Crippen LogP contribution in [-0.4, -0.2) is 36.8 Å². The average molecular weight is 440 g/mol. The predicted molar refractivity (Wildman–Crippen MR) is 91.4 cm³/mol. The van der Waals surface area contributed by atoms with Gasteiger partial charge < -0.3 is 14.2 Å². The molecule has 0 bridgehead atoms. The molecule has 3 unspecified atom stereocenters. The van der Waals surface area contributed by atoms with Gasteiger partial charge in [-0.1, -0.05) is 19.7 Å². The molecule has 164 valence electrons. The summed E-state index contributed by atoms with van der Waals surface area (Å²) in [5.41, 5.74) is 0. The highest BCUT2D eigenvalue weighted by Crippen LogP contribution is 2.51. The fourth-order valence-corrected chi connectivity index (χ4v) is 1.83. The molecule has 3 atom stereocenters. The number of carbonyl (C=O) groups excluding carboxylic acids is 3. The van der Waals surface area contributed by atoms with Gasteiger partial charge in [-0.25, -0.2) is 18.9 Å². The zero-order chi connectivity index (χ0) is 22.4. The van der Waals surface area contributed by atoms with Gasteiger partial charge in [0.2, 0.25) is 18.9 Å². The minimum atomic E-state index is -4.85. The van der Waals surface area contributed by atoms with Gasteiger partial charge in [0, 0.05) is 39.0 Å². The molecule has 0 aromatic rings. The van der Waals surface area contributed by atoms with Gasteiger partial charge in [0.15, 0.2) is 0 Å². The van der Waals surface area contributed by atoms with Gasteiger partial charge in [-0.15, -0.1) is 14.0 Å². The van der Waals surface area contributed by atoms with Crippen molar-refractivity contribution in [1.82, 2.24) is 0 Å². The van der Waals surface area contributed by atoms with Crippen LogP contribution in [0, 0.1) is 0 Å². The molecule has 0 heterocycles. The van der Waals surface area contributed by atoms with E-state index in [0.29, 0.717) is 0 Å². The molecule has 0 aliphatic rings. The lowest BCUT2D eigenvalue weighted by atomic mass is 10.6. The van der Waals surface area contributed by atoms with Crippen LogP contribution in [0.5, 0.6) is 0 Å². The largest absolute Gasteiger partial charge is 0.557 e. The van der Waals surface area contributed by atoms with Crippen LogP contribution in [0.2, 0.25) is 0 Å². The third kappa shape index (κ3) is 12.6. The lowest BCUT2D eigenvalue weighted by molar-refractivity contribution is -0.390. The van der Waals surface area contributed by atoms with Crippen LogP contribution >= 0.6 is 7.82 Å². The van der Waals surface area contributed by atoms with Crippen molar-refractivity contribution in [2.24, 2.45) is 0 Å². The Bertz CT molecular complexity index is 561. The van der Waals surface area contributed by atoms with Crippen molar-refractivity contribution in [2.45, 2.75) is 39.6 Å². The van der Waals surface area contributed by atoms with E-state index in [1.165, 1.54) is 20.8 Å². The summed E-state index contributed by atoms with van der Waals surface area (Å²) in [7, 11) is -4.85. The van der Waals surface area contributed by atoms with E-state index in [-0.39, 0.29) is 0 Å². The Morgan fingerprint density at radius 3 is 1.10 bits per heavy atom. The SMILES string of the molecule is C=CC(=O)OC(C)OOP(=O)(OOC(C)OC(=O)C=C)OOC(C)OC(=O)C=C. The Balaban J connectivity index is 4.92. The number of esters is 3. The van der Waals surface area contributed by atoms with Crippen molar-refractivity contribution in [3.63, 3.8) is 0 Å². The zero-order valence-corrected chi connectivity index (χ0v) is 16.7. The monoisotopic (exact) mass is 440 g/mol. The van der Waals surface area contributed by atoms with E-state index in [2.05, 4.69) is 62.6 Å². The molecule has 0 saturated heterocycles. The average Bonchev–Trinajstić information content (AvgIpc) is 2.69. The van der Waals surface area contributed by atoms with E-state index in [9.17, 15) is 18.9 Å². The van der Waals surface area contributed by atoms with Crippen molar-refractivity contribution in [2.75, 3.05) is 0 Å². The highest BCUT2D eigenvalue weighted by Gasteiger charge is 2.36. The molecule has 0 fully saturated rings. The molecule has 0 aliphatic carbocycles. The molecular weight excluding hydrogens is 419 g/mol. The molecule has 0 aliphatic heterocycles. The normalized spacial score (nSPS) is 15.7. The smallest absolute Gasteiger partial charge is 0.430 e. The summed E-state index contributed by atoms with van der Waals surface area (Å²) in [6, 6.07) is 0. The summed E-state index contributed by atoms with van der Waals surface area (Å²) in [6.07, 6.45) is -1.67. The first-order valence-corrected chi connectivity index (χ1v) is 9.15. The van der Waals surface area contributed by atoms with Crippen molar-refractivity contribution in [1.29, 1.82) is 0 Å². The first-order valence-electron chi connectivity index (χ1n) is 7.69. The Kier molecular flexibility index (Phi) is 12.6. The molecule has 0 aromatic carbocycles. The van der Waals surface area contributed by atoms with Crippen molar-refractivity contribution in [3.05, 3.63) is 38.0 Å². The van der Waals surface area contributed by atoms with E-state index in [1.807, 2.05) is 0 Å². The minimum absolute atomic E-state index is 0.837. The van der Waals surface area contributed by atoms with E-state index in [1.54, 1.807) is 0 Å². The Hall–Kier alpha value is -2.38. The van der Waals surface area contributed by atoms with Gasteiger partial charge in [0.1, 0.15) is 0 Å². The van der Waals surface area contributed by atoms with Crippen LogP contribution in [0.3, 0.4) is 0 Å². The lowest BCUT2D eigenvalue weighted by Crippen LogP contribution is -2.21. The number of hydrogen-bond donors (Lipinski definition) is 0. The maximum Gasteiger partial charge on any atom is 0.557 e. The Labute approximate surface area is 166 Å². The predicted octanol–water partition coefficient (Wildman–Crippen LogP) is 2.16. The summed E-state index contributed by atoms with van der Waals surface area (Å²) in [6.45, 7) is 13.1. The summed E-state index contributed by atoms with van der Waals surface area (Å²) >= 11 is 0. The van der Waals surface area contributed by atoms with Crippen LogP contribution in [0.4, 0.5) is 0 Å². The molecule has 0 spiro atoms. The van der Waals surface area contributed by atoms with Crippen LogP contribution in [0.25, 0.3) is 0 Å². The van der Waals surface area contributed by atoms with Gasteiger partial charge in [0.05, 0.1) is 0 Å². The number of hydrogen-bond acceptors (Lipinski definition) is 13. The molecule has 0 N–H and O–H groups in total. The molecule has 0 saturated carbocycles. The second-order valence-electron chi connectivity index (χ2n) is 4.59. The second-order valence-corrected chi connectivity index (χ2v) is 5.93. The molecular formula is C15H21O13P. The lowest BCUT2D eigenvalue weighted by Gasteiger charge is -2.20. The first-order chi connectivity index (χ1) is 13.5. The molecule has 29 heavy (non-hydrogen) atoms. The number of rotatable bonds is 15. The standard InChI is InChI=1S/C15H21O13P/c1-7-13(16)20-10(4)23-26-29(19,27-24-11(5)21-14(17)8-2)28-25-12(6)22-15(18)9-3/h7-12H,1-3H2,4-6H3. The zero-order valence-electron chi connectivity index (χ0n) is 15.8. The Morgan fingerprint density at radius 1 is 0.655 bits per heavy atom. The molecule has 0 radical (unpaired) electrons. The van der Waals surface area contributed by atoms with Crippen LogP contribution in [-0.2, 0) is 61.8 Å². The van der Waals surface area contributed by atoms with Gasteiger partial charge in [0.25, 0.3) is 0 Å². The highest BCUT2D eigenvalue weighted by atomic mass is 31.2. The maximum atomic E-state index is 12.5. The van der Waals surface area contributed by atoms with E-state index in [4.69, 9.17) is 0 Å². The molecule has 0 amide bonds. The molecule has 0 rings (SSSR count). The number of ether oxygens (including phenoxy) is 3. The van der Waals surface area contributed by atoms with Crippen LogP contribution in [0.1, 0.15) is 20.8 Å². The first kappa shape index (κ1) is 26.6. The molecule has 14 heteroatoms. The van der Waals surface area contributed by atoms with Crippen molar-refractivity contribution < 1.29 is 61.8 Å². The quantitative estimate of drug-likeness (QED) is 0.0696. The number of carbonyl (C=O) groups is 3. The highest BCUT2D eigenvalue weighted by molar-refractivity contribution is 7.48. The van der Waals surface area contributed by atoms with Gasteiger partial charge in [-0.3, -0.25) is 0 Å². The van der Waals surface area contributed by atoms with Crippen molar-refractivity contribution in [3.8, 4) is 0 Å². The summed E-state index contributed by atoms with van der Waals surface area (Å²) in [5, 5.41) is 0. The van der Waals surface area contributed by atoms with Crippen LogP contribution in [0.15, 0.2) is 38.0 Å². The third-order valence-corrected chi connectivity index (χ3v) is 2.96. The van der Waals surface area contributed by atoms with Gasteiger partial charge in [-0.2, -0.15) is 14.7 Å². The second kappa shape index (κ2) is 13.7. The summed E-state index contributed by atoms with van der Waals surface area (Å²) in [4.78, 5) is 46.8. The van der Waals surface area contributed by atoms with E-state index in [0.717, 1.165) is 18.2 Å². The van der Waals surface area contributed by atoms with E-state index < -0.39 is 44.6 Å². The van der Waals surface area contributed by atoms with Gasteiger partial charge in [-0.05, 0) is 0 Å².